The predicted molar refractivity (Wildman–Crippen MR) is 62.1 cm³/mol. The third-order valence-electron chi connectivity index (χ3n) is 2.56. The largest absolute Gasteiger partial charge is 0.473 e. The second-order valence-corrected chi connectivity index (χ2v) is 4.21. The molecule has 1 fully saturated rings. The molecular formula is C11H13ClN2O3. The average molecular weight is 257 g/mol. The van der Waals surface area contributed by atoms with Crippen molar-refractivity contribution in [2.45, 2.75) is 18.6 Å². The molecule has 2 atom stereocenters. The molecule has 92 valence electrons. The summed E-state index contributed by atoms with van der Waals surface area (Å²) in [4.78, 5) is 15.3. The third-order valence-corrected chi connectivity index (χ3v) is 2.79. The first-order valence-corrected chi connectivity index (χ1v) is 5.66. The maximum atomic E-state index is 11.3. The second kappa shape index (κ2) is 5.33. The maximum Gasteiger partial charge on any atom is 0.323 e. The number of hydrogen-bond acceptors (Lipinski definition) is 5. The van der Waals surface area contributed by atoms with Crippen LogP contribution in [0.25, 0.3) is 0 Å². The van der Waals surface area contributed by atoms with E-state index in [4.69, 9.17) is 16.3 Å². The fourth-order valence-electron chi connectivity index (χ4n) is 1.72. The Morgan fingerprint density at radius 3 is 3.06 bits per heavy atom. The molecule has 0 amide bonds. The minimum Gasteiger partial charge on any atom is -0.473 e. The van der Waals surface area contributed by atoms with Crippen molar-refractivity contribution < 1.29 is 14.3 Å². The van der Waals surface area contributed by atoms with E-state index < -0.39 is 0 Å². The van der Waals surface area contributed by atoms with Crippen LogP contribution >= 0.6 is 11.6 Å². The molecule has 0 aromatic carbocycles. The fourth-order valence-corrected chi connectivity index (χ4v) is 1.83. The highest BCUT2D eigenvalue weighted by atomic mass is 35.5. The van der Waals surface area contributed by atoms with Crippen LogP contribution in [0.3, 0.4) is 0 Å². The molecule has 1 aliphatic heterocycles. The van der Waals surface area contributed by atoms with E-state index in [1.807, 2.05) is 0 Å². The summed E-state index contributed by atoms with van der Waals surface area (Å²) >= 11 is 5.72. The van der Waals surface area contributed by atoms with Gasteiger partial charge in [-0.1, -0.05) is 11.6 Å². The molecule has 1 aliphatic rings. The number of ether oxygens (including phenoxy) is 2. The zero-order chi connectivity index (χ0) is 12.3. The van der Waals surface area contributed by atoms with Crippen molar-refractivity contribution in [3.8, 4) is 5.88 Å². The number of methoxy groups -OCH3 is 1. The Hall–Kier alpha value is -1.33. The molecule has 0 saturated carbocycles. The number of carbonyl (C=O) groups is 1. The summed E-state index contributed by atoms with van der Waals surface area (Å²) in [5.74, 6) is 0.242. The third kappa shape index (κ3) is 3.08. The zero-order valence-electron chi connectivity index (χ0n) is 9.35. The standard InChI is InChI=1S/C11H13ClN2O3/c1-16-11(15)9-4-8(6-13-9)17-10-3-2-7(12)5-14-10/h2-3,5,8-9,13H,4,6H2,1H3/t8?,9-/m1/s1. The first-order chi connectivity index (χ1) is 8.19. The lowest BCUT2D eigenvalue weighted by atomic mass is 10.2. The van der Waals surface area contributed by atoms with Gasteiger partial charge in [0.25, 0.3) is 0 Å². The van der Waals surface area contributed by atoms with E-state index in [-0.39, 0.29) is 18.1 Å². The molecule has 2 rings (SSSR count). The molecule has 1 N–H and O–H groups in total. The maximum absolute atomic E-state index is 11.3. The van der Waals surface area contributed by atoms with Crippen molar-refractivity contribution in [2.24, 2.45) is 0 Å². The van der Waals surface area contributed by atoms with Crippen LogP contribution in [-0.2, 0) is 9.53 Å². The Morgan fingerprint density at radius 2 is 2.41 bits per heavy atom. The van der Waals surface area contributed by atoms with Crippen molar-refractivity contribution in [3.05, 3.63) is 23.4 Å². The molecule has 0 bridgehead atoms. The van der Waals surface area contributed by atoms with Crippen LogP contribution in [0.4, 0.5) is 0 Å². The molecular weight excluding hydrogens is 244 g/mol. The lowest BCUT2D eigenvalue weighted by molar-refractivity contribution is -0.142. The molecule has 1 aromatic rings. The number of nitrogens with zero attached hydrogens (tertiary/aromatic N) is 1. The first kappa shape index (κ1) is 12.1. The Kier molecular flexibility index (Phi) is 3.81. The summed E-state index contributed by atoms with van der Waals surface area (Å²) in [7, 11) is 1.37. The van der Waals surface area contributed by atoms with Gasteiger partial charge >= 0.3 is 5.97 Å². The number of aromatic nitrogens is 1. The van der Waals surface area contributed by atoms with Crippen molar-refractivity contribution in [1.29, 1.82) is 0 Å². The summed E-state index contributed by atoms with van der Waals surface area (Å²) < 4.78 is 10.3. The average Bonchev–Trinajstić information content (AvgIpc) is 2.80. The molecule has 2 heterocycles. The fraction of sp³-hybridized carbons (Fsp3) is 0.455. The highest BCUT2D eigenvalue weighted by molar-refractivity contribution is 6.30. The van der Waals surface area contributed by atoms with Gasteiger partial charge < -0.3 is 14.8 Å². The number of rotatable bonds is 3. The Bertz CT molecular complexity index is 396. The summed E-state index contributed by atoms with van der Waals surface area (Å²) in [5, 5.41) is 3.60. The molecule has 0 aliphatic carbocycles. The molecule has 17 heavy (non-hydrogen) atoms. The van der Waals surface area contributed by atoms with Gasteiger partial charge in [-0.25, -0.2) is 4.98 Å². The van der Waals surface area contributed by atoms with Crippen molar-refractivity contribution in [3.63, 3.8) is 0 Å². The van der Waals surface area contributed by atoms with Gasteiger partial charge in [-0.05, 0) is 6.07 Å². The summed E-state index contributed by atoms with van der Waals surface area (Å²) in [5.41, 5.74) is 0. The van der Waals surface area contributed by atoms with E-state index in [1.165, 1.54) is 13.3 Å². The van der Waals surface area contributed by atoms with E-state index in [0.29, 0.717) is 23.9 Å². The molecule has 5 nitrogen and oxygen atoms in total. The lowest BCUT2D eigenvalue weighted by Crippen LogP contribution is -2.31. The summed E-state index contributed by atoms with van der Waals surface area (Å²) in [6, 6.07) is 3.12. The Labute approximate surface area is 104 Å². The van der Waals surface area contributed by atoms with E-state index in [9.17, 15) is 4.79 Å². The summed E-state index contributed by atoms with van der Waals surface area (Å²) in [6.07, 6.45) is 2.03. The van der Waals surface area contributed by atoms with Crippen LogP contribution in [0.1, 0.15) is 6.42 Å². The van der Waals surface area contributed by atoms with Gasteiger partial charge in [0.2, 0.25) is 5.88 Å². The van der Waals surface area contributed by atoms with Gasteiger partial charge in [0, 0.05) is 25.2 Å². The first-order valence-electron chi connectivity index (χ1n) is 5.28. The number of carbonyl (C=O) groups excluding carboxylic acids is 1. The number of halogens is 1. The lowest BCUT2D eigenvalue weighted by Gasteiger charge is -2.11. The smallest absolute Gasteiger partial charge is 0.323 e. The van der Waals surface area contributed by atoms with Crippen molar-refractivity contribution in [1.82, 2.24) is 10.3 Å². The van der Waals surface area contributed by atoms with Gasteiger partial charge in [-0.2, -0.15) is 0 Å². The van der Waals surface area contributed by atoms with Gasteiger partial charge in [0.05, 0.1) is 12.1 Å². The highest BCUT2D eigenvalue weighted by Gasteiger charge is 2.31. The SMILES string of the molecule is COC(=O)[C@H]1CC(Oc2ccc(Cl)cn2)CN1. The predicted octanol–water partition coefficient (Wildman–Crippen LogP) is 1.02. The van der Waals surface area contributed by atoms with Crippen LogP contribution in [0, 0.1) is 0 Å². The van der Waals surface area contributed by atoms with Gasteiger partial charge in [-0.15, -0.1) is 0 Å². The van der Waals surface area contributed by atoms with E-state index in [2.05, 4.69) is 15.0 Å². The second-order valence-electron chi connectivity index (χ2n) is 3.77. The number of nitrogens with one attached hydrogen (secondary N) is 1. The van der Waals surface area contributed by atoms with Gasteiger partial charge in [-0.3, -0.25) is 4.79 Å². The molecule has 1 aromatic heterocycles. The van der Waals surface area contributed by atoms with Crippen LogP contribution in [0.5, 0.6) is 5.88 Å². The number of hydrogen-bond donors (Lipinski definition) is 1. The van der Waals surface area contributed by atoms with E-state index in [1.54, 1.807) is 12.1 Å². The molecule has 1 saturated heterocycles. The highest BCUT2D eigenvalue weighted by Crippen LogP contribution is 2.17. The van der Waals surface area contributed by atoms with Crippen molar-refractivity contribution in [2.75, 3.05) is 13.7 Å². The Balaban J connectivity index is 1.89. The van der Waals surface area contributed by atoms with Crippen LogP contribution < -0.4 is 10.1 Å². The molecule has 1 unspecified atom stereocenters. The monoisotopic (exact) mass is 256 g/mol. The topological polar surface area (TPSA) is 60.5 Å². The van der Waals surface area contributed by atoms with Crippen LogP contribution in [0.15, 0.2) is 18.3 Å². The quantitative estimate of drug-likeness (QED) is 0.818. The normalized spacial score (nSPS) is 23.4. The van der Waals surface area contributed by atoms with Gasteiger partial charge in [0.15, 0.2) is 0 Å². The van der Waals surface area contributed by atoms with E-state index >= 15 is 0 Å². The minimum atomic E-state index is -0.294. The van der Waals surface area contributed by atoms with Gasteiger partial charge in [0.1, 0.15) is 12.1 Å². The number of pyridine rings is 1. The molecule has 0 spiro atoms. The minimum absolute atomic E-state index is 0.0761. The van der Waals surface area contributed by atoms with Crippen LogP contribution in [-0.4, -0.2) is 36.8 Å². The Morgan fingerprint density at radius 1 is 1.59 bits per heavy atom. The number of esters is 1. The molecule has 0 radical (unpaired) electrons. The zero-order valence-corrected chi connectivity index (χ0v) is 10.1. The summed E-state index contributed by atoms with van der Waals surface area (Å²) in [6.45, 7) is 0.601. The van der Waals surface area contributed by atoms with E-state index in [0.717, 1.165) is 0 Å². The van der Waals surface area contributed by atoms with Crippen LogP contribution in [0.2, 0.25) is 5.02 Å². The van der Waals surface area contributed by atoms with Crippen molar-refractivity contribution >= 4 is 17.6 Å². The molecule has 6 heteroatoms.